The molecule has 6 rings (SSSR count). The molecule has 4 aromatic rings. The van der Waals surface area contributed by atoms with Crippen molar-refractivity contribution in [2.24, 2.45) is 0 Å². The Hall–Kier alpha value is -3.93. The van der Waals surface area contributed by atoms with Crippen LogP contribution in [0.4, 0.5) is 30.5 Å². The van der Waals surface area contributed by atoms with Crippen LogP contribution >= 0.6 is 0 Å². The Labute approximate surface area is 235 Å². The number of piperazine rings is 1. The summed E-state index contributed by atoms with van der Waals surface area (Å²) >= 11 is 0. The van der Waals surface area contributed by atoms with Crippen LogP contribution in [0, 0.1) is 0 Å². The molecule has 0 atom stereocenters. The van der Waals surface area contributed by atoms with Crippen LogP contribution in [0.3, 0.4) is 0 Å². The first-order chi connectivity index (χ1) is 19.5. The molecule has 1 N–H and O–H groups in total. The second-order valence-corrected chi connectivity index (χ2v) is 11.4. The highest BCUT2D eigenvalue weighted by Gasteiger charge is 2.49. The van der Waals surface area contributed by atoms with Gasteiger partial charge >= 0.3 is 6.18 Å². The van der Waals surface area contributed by atoms with Crippen LogP contribution < -0.4 is 15.8 Å². The van der Waals surface area contributed by atoms with Crippen molar-refractivity contribution >= 4 is 28.4 Å². The predicted octanol–water partition coefficient (Wildman–Crippen LogP) is 5.04. The smallest absolute Gasteiger partial charge is 0.369 e. The predicted molar refractivity (Wildman–Crippen MR) is 152 cm³/mol. The second kappa shape index (κ2) is 10.2. The standard InChI is InChI=1S/C29H33F3N8O/c1-28(2,29(30,31)32)23-8-5-9-24(35-23)40-25-22(26(41)39(40)21-6-4-7-21)18-33-27(36-25)34-19-10-12-20(13-11-19)38-16-14-37(3)15-17-38/h5,8-13,18,21H,4,6-7,14-17H2,1-3H3,(H,33,34,36). The van der Waals surface area contributed by atoms with Gasteiger partial charge < -0.3 is 15.1 Å². The van der Waals surface area contributed by atoms with Crippen LogP contribution in [0.2, 0.25) is 0 Å². The van der Waals surface area contributed by atoms with E-state index in [4.69, 9.17) is 0 Å². The van der Waals surface area contributed by atoms with E-state index in [2.05, 4.69) is 37.1 Å². The molecule has 216 valence electrons. The number of likely N-dealkylation sites (N-methyl/N-ethyl adjacent to an activating group) is 1. The van der Waals surface area contributed by atoms with Gasteiger partial charge in [0.1, 0.15) is 10.8 Å². The molecule has 0 bridgehead atoms. The Morgan fingerprint density at radius 1 is 0.951 bits per heavy atom. The molecule has 1 saturated heterocycles. The zero-order valence-corrected chi connectivity index (χ0v) is 23.3. The van der Waals surface area contributed by atoms with Crippen molar-refractivity contribution in [2.45, 2.75) is 50.7 Å². The van der Waals surface area contributed by atoms with Crippen molar-refractivity contribution in [3.05, 3.63) is 64.7 Å². The summed E-state index contributed by atoms with van der Waals surface area (Å²) in [4.78, 5) is 31.6. The fourth-order valence-corrected chi connectivity index (χ4v) is 5.22. The monoisotopic (exact) mass is 566 g/mol. The Morgan fingerprint density at radius 2 is 1.66 bits per heavy atom. The highest BCUT2D eigenvalue weighted by atomic mass is 19.4. The summed E-state index contributed by atoms with van der Waals surface area (Å²) < 4.78 is 44.7. The third-order valence-corrected chi connectivity index (χ3v) is 8.34. The molecule has 1 aliphatic carbocycles. The average Bonchev–Trinajstić information content (AvgIpc) is 3.19. The van der Waals surface area contributed by atoms with Crippen molar-refractivity contribution in [1.82, 2.24) is 29.2 Å². The summed E-state index contributed by atoms with van der Waals surface area (Å²) in [7, 11) is 2.12. The highest BCUT2D eigenvalue weighted by Crippen LogP contribution is 2.40. The van der Waals surface area contributed by atoms with Gasteiger partial charge in [-0.1, -0.05) is 6.07 Å². The summed E-state index contributed by atoms with van der Waals surface area (Å²) in [5.41, 5.74) is -0.380. The lowest BCUT2D eigenvalue weighted by atomic mass is 9.88. The Bertz CT molecular complexity index is 1610. The SMILES string of the molecule is CN1CCN(c2ccc(Nc3ncc4c(=O)n(C5CCC5)n(-c5cccc(C(C)(C)C(F)(F)F)n5)c4n3)cc2)CC1. The molecule has 4 heterocycles. The molecular weight excluding hydrogens is 533 g/mol. The van der Waals surface area contributed by atoms with E-state index in [0.29, 0.717) is 5.65 Å². The van der Waals surface area contributed by atoms with Gasteiger partial charge in [-0.2, -0.15) is 18.2 Å². The molecular formula is C29H33F3N8O. The highest BCUT2D eigenvalue weighted by molar-refractivity contribution is 5.77. The van der Waals surface area contributed by atoms with E-state index in [1.807, 2.05) is 24.3 Å². The maximum atomic E-state index is 13.9. The summed E-state index contributed by atoms with van der Waals surface area (Å²) in [6.07, 6.45) is -0.467. The fraction of sp³-hybridized carbons (Fsp3) is 0.448. The summed E-state index contributed by atoms with van der Waals surface area (Å²) in [6, 6.07) is 12.4. The number of aromatic nitrogens is 5. The minimum absolute atomic E-state index is 0.0867. The van der Waals surface area contributed by atoms with Crippen molar-refractivity contribution in [3.63, 3.8) is 0 Å². The Morgan fingerprint density at radius 3 is 2.29 bits per heavy atom. The molecule has 1 saturated carbocycles. The topological polar surface area (TPSA) is 84.1 Å². The summed E-state index contributed by atoms with van der Waals surface area (Å²) in [5, 5.41) is 3.50. The summed E-state index contributed by atoms with van der Waals surface area (Å²) in [6.45, 7) is 6.17. The number of nitrogens with one attached hydrogen (secondary N) is 1. The van der Waals surface area contributed by atoms with Gasteiger partial charge in [-0.15, -0.1) is 0 Å². The molecule has 1 aliphatic heterocycles. The van der Waals surface area contributed by atoms with E-state index in [1.165, 1.54) is 18.3 Å². The molecule has 1 aromatic carbocycles. The molecule has 41 heavy (non-hydrogen) atoms. The van der Waals surface area contributed by atoms with Crippen molar-refractivity contribution in [2.75, 3.05) is 43.4 Å². The van der Waals surface area contributed by atoms with Gasteiger partial charge in [-0.25, -0.2) is 19.3 Å². The Kier molecular flexibility index (Phi) is 6.75. The number of halogens is 3. The molecule has 2 fully saturated rings. The largest absolute Gasteiger partial charge is 0.399 e. The number of hydrogen-bond acceptors (Lipinski definition) is 7. The lowest BCUT2D eigenvalue weighted by Crippen LogP contribution is -2.44. The van der Waals surface area contributed by atoms with Crippen LogP contribution in [-0.2, 0) is 5.41 Å². The summed E-state index contributed by atoms with van der Waals surface area (Å²) in [5.74, 6) is 0.483. The molecule has 3 aromatic heterocycles. The quantitative estimate of drug-likeness (QED) is 0.350. The molecule has 9 nitrogen and oxygen atoms in total. The number of anilines is 3. The van der Waals surface area contributed by atoms with E-state index < -0.39 is 11.6 Å². The number of alkyl halides is 3. The van der Waals surface area contributed by atoms with Gasteiger partial charge in [0, 0.05) is 43.8 Å². The minimum atomic E-state index is -4.50. The normalized spacial score (nSPS) is 17.2. The number of hydrogen-bond donors (Lipinski definition) is 1. The van der Waals surface area contributed by atoms with E-state index in [0.717, 1.165) is 70.7 Å². The van der Waals surface area contributed by atoms with E-state index in [-0.39, 0.29) is 34.4 Å². The third-order valence-electron chi connectivity index (χ3n) is 8.34. The first kappa shape index (κ1) is 27.3. The van der Waals surface area contributed by atoms with Crippen LogP contribution in [-0.4, -0.2) is 68.6 Å². The minimum Gasteiger partial charge on any atom is -0.369 e. The van der Waals surface area contributed by atoms with Crippen molar-refractivity contribution < 1.29 is 13.2 Å². The number of pyridine rings is 1. The molecule has 0 spiro atoms. The van der Waals surface area contributed by atoms with Gasteiger partial charge in [0.25, 0.3) is 5.56 Å². The Balaban J connectivity index is 1.37. The first-order valence-electron chi connectivity index (χ1n) is 13.9. The number of fused-ring (bicyclic) bond motifs is 1. The van der Waals surface area contributed by atoms with Crippen LogP contribution in [0.1, 0.15) is 44.8 Å². The number of benzene rings is 1. The lowest BCUT2D eigenvalue weighted by Gasteiger charge is -2.34. The van der Waals surface area contributed by atoms with Gasteiger partial charge in [-0.3, -0.25) is 4.79 Å². The number of rotatable bonds is 6. The maximum absolute atomic E-state index is 13.9. The molecule has 0 unspecified atom stereocenters. The number of nitrogens with zero attached hydrogens (tertiary/aromatic N) is 7. The molecule has 0 radical (unpaired) electrons. The molecule has 12 heteroatoms. The molecule has 0 amide bonds. The maximum Gasteiger partial charge on any atom is 0.399 e. The first-order valence-corrected chi connectivity index (χ1v) is 13.9. The average molecular weight is 567 g/mol. The van der Waals surface area contributed by atoms with Crippen molar-refractivity contribution in [3.8, 4) is 5.82 Å². The van der Waals surface area contributed by atoms with Gasteiger partial charge in [0.05, 0.1) is 11.7 Å². The van der Waals surface area contributed by atoms with Crippen molar-refractivity contribution in [1.29, 1.82) is 0 Å². The van der Waals surface area contributed by atoms with Crippen LogP contribution in [0.25, 0.3) is 16.9 Å². The van der Waals surface area contributed by atoms with Gasteiger partial charge in [-0.05, 0) is 76.6 Å². The van der Waals surface area contributed by atoms with Crippen LogP contribution in [0.5, 0.6) is 0 Å². The van der Waals surface area contributed by atoms with E-state index in [1.54, 1.807) is 15.4 Å². The zero-order valence-electron chi connectivity index (χ0n) is 23.3. The van der Waals surface area contributed by atoms with Gasteiger partial charge in [0.2, 0.25) is 5.95 Å². The van der Waals surface area contributed by atoms with E-state index in [9.17, 15) is 18.0 Å². The van der Waals surface area contributed by atoms with Crippen LogP contribution in [0.15, 0.2) is 53.5 Å². The lowest BCUT2D eigenvalue weighted by molar-refractivity contribution is -0.181. The fourth-order valence-electron chi connectivity index (χ4n) is 5.22. The second-order valence-electron chi connectivity index (χ2n) is 11.4. The van der Waals surface area contributed by atoms with E-state index >= 15 is 0 Å². The molecule has 2 aliphatic rings. The van der Waals surface area contributed by atoms with Gasteiger partial charge in [0.15, 0.2) is 11.5 Å². The zero-order chi connectivity index (χ0) is 28.9. The third kappa shape index (κ3) is 4.94.